The maximum Gasteiger partial charge on any atom is 0.328 e. The zero-order valence-corrected chi connectivity index (χ0v) is 17.6. The van der Waals surface area contributed by atoms with E-state index in [4.69, 9.17) is 0 Å². The lowest BCUT2D eigenvalue weighted by Gasteiger charge is -2.19. The van der Waals surface area contributed by atoms with Crippen LogP contribution in [0.1, 0.15) is 21.5 Å². The van der Waals surface area contributed by atoms with Gasteiger partial charge in [0.15, 0.2) is 0 Å². The van der Waals surface area contributed by atoms with Gasteiger partial charge >= 0.3 is 5.69 Å². The van der Waals surface area contributed by atoms with Gasteiger partial charge in [0, 0.05) is 44.1 Å². The van der Waals surface area contributed by atoms with Crippen molar-refractivity contribution < 1.29 is 4.79 Å². The van der Waals surface area contributed by atoms with Gasteiger partial charge in [0.05, 0.1) is 11.0 Å². The topological polar surface area (TPSA) is 59.3 Å². The van der Waals surface area contributed by atoms with Gasteiger partial charge in [-0.3, -0.25) is 13.9 Å². The fourth-order valence-electron chi connectivity index (χ4n) is 4.34. The minimum Gasteiger partial charge on any atom is -0.367 e. The predicted molar refractivity (Wildman–Crippen MR) is 124 cm³/mol. The van der Waals surface area contributed by atoms with Crippen LogP contribution in [0.4, 0.5) is 11.4 Å². The zero-order valence-electron chi connectivity index (χ0n) is 17.6. The first-order valence-corrected chi connectivity index (χ1v) is 10.4. The molecule has 0 spiro atoms. The van der Waals surface area contributed by atoms with Gasteiger partial charge in [-0.15, -0.1) is 0 Å². The summed E-state index contributed by atoms with van der Waals surface area (Å²) in [6.45, 7) is 1.85. The van der Waals surface area contributed by atoms with Crippen molar-refractivity contribution in [2.45, 2.75) is 13.0 Å². The number of nitrogens with zero attached hydrogens (tertiary/aromatic N) is 3. The van der Waals surface area contributed by atoms with Crippen LogP contribution in [0.3, 0.4) is 0 Å². The molecule has 4 aromatic rings. The van der Waals surface area contributed by atoms with Gasteiger partial charge in [0.25, 0.3) is 5.91 Å². The second-order valence-electron chi connectivity index (χ2n) is 8.06. The lowest BCUT2D eigenvalue weighted by molar-refractivity contribution is 0.102. The van der Waals surface area contributed by atoms with E-state index in [1.54, 1.807) is 23.2 Å². The van der Waals surface area contributed by atoms with Crippen molar-refractivity contribution in [1.29, 1.82) is 0 Å². The summed E-state index contributed by atoms with van der Waals surface area (Å²) in [5.74, 6) is -0.168. The van der Waals surface area contributed by atoms with Crippen LogP contribution in [0.5, 0.6) is 0 Å². The Bertz CT molecular complexity index is 1350. The van der Waals surface area contributed by atoms with Crippen LogP contribution in [-0.4, -0.2) is 21.6 Å². The molecule has 0 bridgehead atoms. The molecule has 0 atom stereocenters. The van der Waals surface area contributed by atoms with E-state index in [0.29, 0.717) is 11.3 Å². The molecule has 1 aliphatic rings. The molecule has 1 aliphatic heterocycles. The van der Waals surface area contributed by atoms with Crippen molar-refractivity contribution in [3.05, 3.63) is 93.9 Å². The van der Waals surface area contributed by atoms with Gasteiger partial charge in [0.1, 0.15) is 0 Å². The van der Waals surface area contributed by atoms with Crippen molar-refractivity contribution >= 4 is 28.3 Å². The van der Waals surface area contributed by atoms with Crippen LogP contribution in [0.15, 0.2) is 71.5 Å². The third-order valence-electron chi connectivity index (χ3n) is 6.10. The first-order chi connectivity index (χ1) is 15.0. The van der Waals surface area contributed by atoms with Gasteiger partial charge in [-0.25, -0.2) is 4.79 Å². The van der Waals surface area contributed by atoms with Crippen molar-refractivity contribution in [2.75, 3.05) is 16.8 Å². The van der Waals surface area contributed by atoms with Gasteiger partial charge in [-0.05, 0) is 53.9 Å². The second kappa shape index (κ2) is 7.47. The molecular weight excluding hydrogens is 388 g/mol. The molecule has 5 rings (SSSR count). The summed E-state index contributed by atoms with van der Waals surface area (Å²) in [6, 6.07) is 21.8. The lowest BCUT2D eigenvalue weighted by Crippen LogP contribution is -2.19. The number of hydrogen-bond donors (Lipinski definition) is 1. The fraction of sp³-hybridized carbons (Fsp3) is 0.200. The molecule has 1 amide bonds. The quantitative estimate of drug-likeness (QED) is 0.556. The number of para-hydroxylation sites is 1. The third-order valence-corrected chi connectivity index (χ3v) is 6.10. The number of carbonyl (C=O) groups is 1. The van der Waals surface area contributed by atoms with Crippen molar-refractivity contribution in [3.63, 3.8) is 0 Å². The molecule has 1 N–H and O–H groups in total. The van der Waals surface area contributed by atoms with E-state index >= 15 is 0 Å². The first kappa shape index (κ1) is 19.2. The first-order valence-electron chi connectivity index (χ1n) is 10.4. The highest BCUT2D eigenvalue weighted by atomic mass is 16.2. The maximum atomic E-state index is 12.7. The monoisotopic (exact) mass is 412 g/mol. The van der Waals surface area contributed by atoms with E-state index in [1.165, 1.54) is 16.8 Å². The van der Waals surface area contributed by atoms with E-state index in [1.807, 2.05) is 42.5 Å². The summed E-state index contributed by atoms with van der Waals surface area (Å²) >= 11 is 0. The normalized spacial score (nSPS) is 12.9. The van der Waals surface area contributed by atoms with Gasteiger partial charge < -0.3 is 10.2 Å². The van der Waals surface area contributed by atoms with Gasteiger partial charge in [0.2, 0.25) is 0 Å². The number of benzene rings is 3. The van der Waals surface area contributed by atoms with Crippen LogP contribution < -0.4 is 15.9 Å². The number of aromatic nitrogens is 2. The number of imidazole rings is 1. The number of carbonyl (C=O) groups excluding carboxylic acids is 1. The molecule has 0 saturated heterocycles. The fourth-order valence-corrected chi connectivity index (χ4v) is 4.34. The summed E-state index contributed by atoms with van der Waals surface area (Å²) in [6.07, 6.45) is 1.08. The Morgan fingerprint density at radius 3 is 2.48 bits per heavy atom. The van der Waals surface area contributed by atoms with Gasteiger partial charge in [-0.1, -0.05) is 30.3 Å². The predicted octanol–water partition coefficient (Wildman–Crippen LogP) is 3.69. The number of aryl methyl sites for hydroxylation is 2. The molecule has 31 heavy (non-hydrogen) atoms. The molecule has 6 heteroatoms. The Morgan fingerprint density at radius 2 is 1.68 bits per heavy atom. The van der Waals surface area contributed by atoms with Crippen molar-refractivity contribution in [3.8, 4) is 0 Å². The number of hydrogen-bond acceptors (Lipinski definition) is 3. The largest absolute Gasteiger partial charge is 0.367 e. The number of amides is 1. The molecule has 0 radical (unpaired) electrons. The van der Waals surface area contributed by atoms with Gasteiger partial charge in [-0.2, -0.15) is 0 Å². The summed E-state index contributed by atoms with van der Waals surface area (Å²) in [5, 5.41) is 2.94. The van der Waals surface area contributed by atoms with E-state index in [-0.39, 0.29) is 11.6 Å². The van der Waals surface area contributed by atoms with E-state index < -0.39 is 0 Å². The van der Waals surface area contributed by atoms with E-state index in [2.05, 4.69) is 34.5 Å². The van der Waals surface area contributed by atoms with Crippen molar-refractivity contribution in [1.82, 2.24) is 9.13 Å². The second-order valence-corrected chi connectivity index (χ2v) is 8.06. The average Bonchev–Trinajstić information content (AvgIpc) is 3.29. The van der Waals surface area contributed by atoms with Crippen LogP contribution in [0.25, 0.3) is 11.0 Å². The number of fused-ring (bicyclic) bond motifs is 2. The van der Waals surface area contributed by atoms with Crippen LogP contribution >= 0.6 is 0 Å². The van der Waals surface area contributed by atoms with Crippen LogP contribution in [-0.2, 0) is 27.1 Å². The molecular formula is C25H24N4O2. The molecule has 0 unspecified atom stereocenters. The van der Waals surface area contributed by atoms with Crippen LogP contribution in [0.2, 0.25) is 0 Å². The average molecular weight is 412 g/mol. The zero-order chi connectivity index (χ0) is 21.5. The molecule has 6 nitrogen and oxygen atoms in total. The number of nitrogens with one attached hydrogen (secondary N) is 1. The molecule has 0 fully saturated rings. The highest BCUT2D eigenvalue weighted by Gasteiger charge is 2.18. The third kappa shape index (κ3) is 3.40. The highest BCUT2D eigenvalue weighted by molar-refractivity contribution is 6.05. The number of rotatable bonds is 4. The molecule has 0 aliphatic carbocycles. The molecule has 156 valence electrons. The maximum absolute atomic E-state index is 12.7. The van der Waals surface area contributed by atoms with E-state index in [0.717, 1.165) is 30.5 Å². The Labute approximate surface area is 180 Å². The minimum absolute atomic E-state index is 0.0882. The molecule has 3 aromatic carbocycles. The Hall–Kier alpha value is -3.80. The number of anilines is 2. The Balaban J connectivity index is 1.30. The summed E-state index contributed by atoms with van der Waals surface area (Å²) in [7, 11) is 3.47. The Kier molecular flexibility index (Phi) is 4.62. The van der Waals surface area contributed by atoms with Crippen LogP contribution in [0, 0.1) is 0 Å². The SMILES string of the molecule is Cn1c(=O)n(C)c2cc(NC(=O)c3ccc(CN4CCc5ccccc54)cc3)ccc21. The summed E-state index contributed by atoms with van der Waals surface area (Å²) < 4.78 is 3.18. The molecule has 0 saturated carbocycles. The Morgan fingerprint density at radius 1 is 0.935 bits per heavy atom. The highest BCUT2D eigenvalue weighted by Crippen LogP contribution is 2.28. The summed E-state index contributed by atoms with van der Waals surface area (Å²) in [4.78, 5) is 27.2. The molecule has 1 aromatic heterocycles. The van der Waals surface area contributed by atoms with Crippen molar-refractivity contribution in [2.24, 2.45) is 14.1 Å². The smallest absolute Gasteiger partial charge is 0.328 e. The van der Waals surface area contributed by atoms with E-state index in [9.17, 15) is 9.59 Å². The minimum atomic E-state index is -0.168. The summed E-state index contributed by atoms with van der Waals surface area (Å²) in [5.41, 5.74) is 6.67. The molecule has 2 heterocycles. The lowest BCUT2D eigenvalue weighted by atomic mass is 10.1. The standard InChI is InChI=1S/C25H24N4O2/c1-27-22-12-11-20(15-23(22)28(2)25(27)31)26-24(30)19-9-7-17(8-10-19)16-29-14-13-18-5-3-4-6-21(18)29/h3-12,15H,13-14,16H2,1-2H3,(H,26,30).